The molecule has 0 spiro atoms. The molecule has 2 aromatic heterocycles. The number of carbonyl (C=O) groups excluding carboxylic acids is 2. The number of benzene rings is 2. The maximum absolute atomic E-state index is 14.1. The Morgan fingerprint density at radius 2 is 1.65 bits per heavy atom. The predicted octanol–water partition coefficient (Wildman–Crippen LogP) is 4.39. The molecule has 0 fully saturated rings. The smallest absolute Gasteiger partial charge is 0.338 e. The van der Waals surface area contributed by atoms with Crippen LogP contribution in [-0.2, 0) is 14.3 Å². The first-order valence-corrected chi connectivity index (χ1v) is 14.6. The number of rotatable bonds is 7. The summed E-state index contributed by atoms with van der Waals surface area (Å²) in [7, 11) is 2.94. The SMILES string of the molecule is COC(=O)c1ccc(-n2c(C)cc(/C=c3/sc4n(c3=O)[C@H](c3ccc(OC)cc3)C(C(=O)OC(C)C)=C(C)N=4)c2C)cc1. The van der Waals surface area contributed by atoms with Gasteiger partial charge in [-0.15, -0.1) is 0 Å². The highest BCUT2D eigenvalue weighted by atomic mass is 32.1. The van der Waals surface area contributed by atoms with E-state index in [9.17, 15) is 14.4 Å². The van der Waals surface area contributed by atoms with E-state index in [-0.39, 0.29) is 11.7 Å². The van der Waals surface area contributed by atoms with Crippen molar-refractivity contribution in [2.75, 3.05) is 14.2 Å². The summed E-state index contributed by atoms with van der Waals surface area (Å²) in [5.41, 5.74) is 5.44. The van der Waals surface area contributed by atoms with Gasteiger partial charge in [0, 0.05) is 17.1 Å². The Balaban J connectivity index is 1.63. The van der Waals surface area contributed by atoms with Crippen LogP contribution in [0.4, 0.5) is 0 Å². The number of esters is 2. The number of aromatic nitrogens is 2. The molecular weight excluding hydrogens is 566 g/mol. The van der Waals surface area contributed by atoms with Crippen molar-refractivity contribution >= 4 is 29.4 Å². The van der Waals surface area contributed by atoms with E-state index in [0.29, 0.717) is 31.9 Å². The molecule has 1 atom stereocenters. The number of methoxy groups -OCH3 is 2. The van der Waals surface area contributed by atoms with E-state index in [0.717, 1.165) is 28.2 Å². The third kappa shape index (κ3) is 5.58. The summed E-state index contributed by atoms with van der Waals surface area (Å²) in [5, 5.41) is 0. The Kier molecular flexibility index (Phi) is 8.23. The minimum Gasteiger partial charge on any atom is -0.497 e. The molecule has 0 aliphatic carbocycles. The lowest BCUT2D eigenvalue weighted by molar-refractivity contribution is -0.143. The molecule has 1 aliphatic heterocycles. The molecule has 0 saturated heterocycles. The number of fused-ring (bicyclic) bond motifs is 1. The standard InChI is InChI=1S/C33H33N3O6S/c1-18(2)42-32(39)28-20(4)34-33-36(29(28)22-10-14-26(40-6)15-11-22)30(37)27(43-33)17-24-16-19(3)35(21(24)5)25-12-8-23(9-13-25)31(38)41-7/h8-18,29H,1-7H3/b27-17+/t29-/m1/s1. The van der Waals surface area contributed by atoms with Crippen LogP contribution < -0.4 is 19.6 Å². The van der Waals surface area contributed by atoms with E-state index in [2.05, 4.69) is 9.56 Å². The van der Waals surface area contributed by atoms with Gasteiger partial charge in [0.15, 0.2) is 4.80 Å². The third-order valence-corrected chi connectivity index (χ3v) is 8.30. The van der Waals surface area contributed by atoms with Crippen LogP contribution in [0.3, 0.4) is 0 Å². The summed E-state index contributed by atoms with van der Waals surface area (Å²) in [6.45, 7) is 9.31. The van der Waals surface area contributed by atoms with Gasteiger partial charge < -0.3 is 18.8 Å². The second kappa shape index (κ2) is 11.9. The van der Waals surface area contributed by atoms with Crippen molar-refractivity contribution in [3.63, 3.8) is 0 Å². The summed E-state index contributed by atoms with van der Waals surface area (Å²) < 4.78 is 19.9. The van der Waals surface area contributed by atoms with Gasteiger partial charge in [0.25, 0.3) is 5.56 Å². The molecular formula is C33H33N3O6S. The van der Waals surface area contributed by atoms with Crippen molar-refractivity contribution in [1.82, 2.24) is 9.13 Å². The van der Waals surface area contributed by atoms with E-state index in [1.807, 2.05) is 50.3 Å². The summed E-state index contributed by atoms with van der Waals surface area (Å²) >= 11 is 1.28. The number of aryl methyl sites for hydroxylation is 1. The van der Waals surface area contributed by atoms with E-state index >= 15 is 0 Å². The van der Waals surface area contributed by atoms with Crippen LogP contribution in [0, 0.1) is 13.8 Å². The molecule has 3 heterocycles. The van der Waals surface area contributed by atoms with E-state index in [1.54, 1.807) is 56.7 Å². The summed E-state index contributed by atoms with van der Waals surface area (Å²) in [4.78, 5) is 44.4. The average Bonchev–Trinajstić information content (AvgIpc) is 3.44. The Morgan fingerprint density at radius 1 is 0.977 bits per heavy atom. The number of carbonyl (C=O) groups is 2. The molecule has 2 aromatic carbocycles. The minimum atomic E-state index is -0.712. The molecule has 9 nitrogen and oxygen atoms in total. The largest absolute Gasteiger partial charge is 0.497 e. The van der Waals surface area contributed by atoms with Gasteiger partial charge in [0.1, 0.15) is 5.75 Å². The zero-order chi connectivity index (χ0) is 31.0. The number of nitrogens with zero attached hydrogens (tertiary/aromatic N) is 3. The molecule has 10 heteroatoms. The molecule has 0 saturated carbocycles. The lowest BCUT2D eigenvalue weighted by Gasteiger charge is -2.25. The number of thiazole rings is 1. The molecule has 0 bridgehead atoms. The Bertz CT molecular complexity index is 1930. The van der Waals surface area contributed by atoms with Gasteiger partial charge in [-0.1, -0.05) is 23.5 Å². The fourth-order valence-electron chi connectivity index (χ4n) is 5.30. The monoisotopic (exact) mass is 599 g/mol. The molecule has 5 rings (SSSR count). The first-order chi connectivity index (χ1) is 20.5. The second-order valence-electron chi connectivity index (χ2n) is 10.5. The zero-order valence-electron chi connectivity index (χ0n) is 25.1. The summed E-state index contributed by atoms with van der Waals surface area (Å²) in [5.74, 6) is -0.237. The Morgan fingerprint density at radius 3 is 2.26 bits per heavy atom. The predicted molar refractivity (Wildman–Crippen MR) is 165 cm³/mol. The van der Waals surface area contributed by atoms with Crippen molar-refractivity contribution in [2.24, 2.45) is 4.99 Å². The van der Waals surface area contributed by atoms with Gasteiger partial charge in [-0.25, -0.2) is 14.6 Å². The van der Waals surface area contributed by atoms with E-state index in [4.69, 9.17) is 14.2 Å². The maximum atomic E-state index is 14.1. The van der Waals surface area contributed by atoms with Crippen LogP contribution in [0.15, 0.2) is 75.7 Å². The van der Waals surface area contributed by atoms with Crippen molar-refractivity contribution in [2.45, 2.75) is 46.8 Å². The number of hydrogen-bond acceptors (Lipinski definition) is 8. The van der Waals surface area contributed by atoms with Crippen LogP contribution in [0.5, 0.6) is 5.75 Å². The van der Waals surface area contributed by atoms with Crippen molar-refractivity contribution < 1.29 is 23.8 Å². The van der Waals surface area contributed by atoms with E-state index in [1.165, 1.54) is 18.4 Å². The van der Waals surface area contributed by atoms with Crippen LogP contribution >= 0.6 is 11.3 Å². The Labute approximate surface area is 253 Å². The van der Waals surface area contributed by atoms with Gasteiger partial charge >= 0.3 is 11.9 Å². The molecule has 0 amide bonds. The fraction of sp³-hybridized carbons (Fsp3) is 0.273. The third-order valence-electron chi connectivity index (χ3n) is 7.32. The highest BCUT2D eigenvalue weighted by Crippen LogP contribution is 2.32. The first kappa shape index (κ1) is 29.8. The minimum absolute atomic E-state index is 0.251. The lowest BCUT2D eigenvalue weighted by atomic mass is 9.96. The summed E-state index contributed by atoms with van der Waals surface area (Å²) in [6, 6.07) is 15.8. The van der Waals surface area contributed by atoms with Gasteiger partial charge in [0.05, 0.1) is 47.7 Å². The van der Waals surface area contributed by atoms with Gasteiger partial charge in [-0.05, 0) is 94.3 Å². The molecule has 0 radical (unpaired) electrons. The summed E-state index contributed by atoms with van der Waals surface area (Å²) in [6.07, 6.45) is 1.53. The average molecular weight is 600 g/mol. The molecule has 0 N–H and O–H groups in total. The van der Waals surface area contributed by atoms with Crippen molar-refractivity contribution in [3.05, 3.63) is 114 Å². The normalized spacial score (nSPS) is 14.9. The van der Waals surface area contributed by atoms with E-state index < -0.39 is 18.0 Å². The molecule has 4 aromatic rings. The topological polar surface area (TPSA) is 101 Å². The second-order valence-corrected chi connectivity index (χ2v) is 11.5. The quantitative estimate of drug-likeness (QED) is 0.292. The number of allylic oxidation sites excluding steroid dienone is 1. The van der Waals surface area contributed by atoms with Crippen LogP contribution in [-0.4, -0.2) is 41.4 Å². The van der Waals surface area contributed by atoms with Gasteiger partial charge in [-0.2, -0.15) is 0 Å². The molecule has 222 valence electrons. The first-order valence-electron chi connectivity index (χ1n) is 13.8. The zero-order valence-corrected chi connectivity index (χ0v) is 25.9. The Hall–Kier alpha value is -4.70. The highest BCUT2D eigenvalue weighted by molar-refractivity contribution is 7.07. The lowest BCUT2D eigenvalue weighted by Crippen LogP contribution is -2.40. The van der Waals surface area contributed by atoms with Crippen LogP contribution in [0.25, 0.3) is 11.8 Å². The van der Waals surface area contributed by atoms with Crippen LogP contribution in [0.1, 0.15) is 59.7 Å². The van der Waals surface area contributed by atoms with Crippen molar-refractivity contribution in [3.8, 4) is 11.4 Å². The van der Waals surface area contributed by atoms with Gasteiger partial charge in [0.2, 0.25) is 0 Å². The number of hydrogen-bond donors (Lipinski definition) is 0. The number of ether oxygens (including phenoxy) is 3. The maximum Gasteiger partial charge on any atom is 0.338 e. The molecule has 0 unspecified atom stereocenters. The molecule has 43 heavy (non-hydrogen) atoms. The highest BCUT2D eigenvalue weighted by Gasteiger charge is 2.34. The van der Waals surface area contributed by atoms with Crippen LogP contribution in [0.2, 0.25) is 0 Å². The fourth-order valence-corrected chi connectivity index (χ4v) is 6.34. The van der Waals surface area contributed by atoms with Gasteiger partial charge in [-0.3, -0.25) is 9.36 Å². The molecule has 1 aliphatic rings. The van der Waals surface area contributed by atoms with Crippen molar-refractivity contribution in [1.29, 1.82) is 0 Å².